The van der Waals surface area contributed by atoms with E-state index in [1.54, 1.807) is 19.9 Å². The van der Waals surface area contributed by atoms with Crippen LogP contribution in [-0.2, 0) is 16.0 Å². The van der Waals surface area contributed by atoms with Crippen molar-refractivity contribution in [2.45, 2.75) is 32.7 Å². The van der Waals surface area contributed by atoms with Crippen molar-refractivity contribution in [2.75, 3.05) is 0 Å². The second-order valence-corrected chi connectivity index (χ2v) is 9.38. The number of halogens is 1. The highest BCUT2D eigenvalue weighted by Crippen LogP contribution is 2.43. The lowest BCUT2D eigenvalue weighted by Gasteiger charge is -2.26. The van der Waals surface area contributed by atoms with E-state index in [4.69, 9.17) is 12.2 Å². The van der Waals surface area contributed by atoms with Gasteiger partial charge >= 0.3 is 5.97 Å². The number of hydrogen-bond acceptors (Lipinski definition) is 6. The molecule has 1 aliphatic heterocycles. The molecule has 1 unspecified atom stereocenters. The molecule has 1 fully saturated rings. The Morgan fingerprint density at radius 2 is 1.93 bits per heavy atom. The molecule has 3 N–H and O–H groups in total. The summed E-state index contributed by atoms with van der Waals surface area (Å²) >= 11 is 9.89. The minimum absolute atomic E-state index is 0.170. The third kappa shape index (κ3) is 3.70. The largest absolute Gasteiger partial charge is 0.504 e. The van der Waals surface area contributed by atoms with Crippen LogP contribution in [0.4, 0.5) is 0 Å². The zero-order valence-corrected chi connectivity index (χ0v) is 18.3. The standard InChI is InChI=1S/C19H18BrNO5S2/c1-8(2)16(18(25)26)21-17(24)14(28-19(21)27)6-10-4-3-9-5-12(22)13(23)7-11(9)15(10)20/h5-8,16,22-23H,3-4H2,1-2H3,(H,25,26). The minimum Gasteiger partial charge on any atom is -0.504 e. The molecule has 0 aromatic heterocycles. The van der Waals surface area contributed by atoms with Crippen LogP contribution in [0.3, 0.4) is 0 Å². The van der Waals surface area contributed by atoms with E-state index in [1.807, 2.05) is 0 Å². The third-order valence-corrected chi connectivity index (χ3v) is 6.94. The van der Waals surface area contributed by atoms with Gasteiger partial charge in [0.1, 0.15) is 10.4 Å². The summed E-state index contributed by atoms with van der Waals surface area (Å²) in [6, 6.07) is 2.00. The molecule has 0 spiro atoms. The normalized spacial score (nSPS) is 19.6. The summed E-state index contributed by atoms with van der Waals surface area (Å²) in [6.45, 7) is 3.47. The number of carboxylic acids is 1. The Bertz CT molecular complexity index is 954. The SMILES string of the molecule is CC(C)C(C(=O)O)N1C(=O)C(=CC2=C(Br)c3cc(O)c(O)cc3CC2)SC1=S. The Labute approximate surface area is 180 Å². The van der Waals surface area contributed by atoms with E-state index >= 15 is 0 Å². The van der Waals surface area contributed by atoms with Crippen molar-refractivity contribution in [3.05, 3.63) is 39.8 Å². The first-order chi connectivity index (χ1) is 13.1. The van der Waals surface area contributed by atoms with Gasteiger partial charge < -0.3 is 15.3 Å². The first kappa shape index (κ1) is 20.9. The first-order valence-electron chi connectivity index (χ1n) is 8.55. The minimum atomic E-state index is -1.09. The number of aliphatic carboxylic acids is 1. The molecule has 1 atom stereocenters. The molecular weight excluding hydrogens is 466 g/mol. The predicted octanol–water partition coefficient (Wildman–Crippen LogP) is 4.00. The van der Waals surface area contributed by atoms with Crippen molar-refractivity contribution in [3.8, 4) is 11.5 Å². The zero-order chi connectivity index (χ0) is 20.7. The van der Waals surface area contributed by atoms with E-state index < -0.39 is 17.9 Å². The summed E-state index contributed by atoms with van der Waals surface area (Å²) in [7, 11) is 0. The number of hydrogen-bond donors (Lipinski definition) is 3. The monoisotopic (exact) mass is 483 g/mol. The van der Waals surface area contributed by atoms with E-state index in [9.17, 15) is 24.9 Å². The molecule has 9 heteroatoms. The molecule has 1 aromatic carbocycles. The molecule has 148 valence electrons. The van der Waals surface area contributed by atoms with E-state index in [0.717, 1.165) is 28.5 Å². The van der Waals surface area contributed by atoms with E-state index in [-0.39, 0.29) is 21.7 Å². The molecule has 1 amide bonds. The fraction of sp³-hybridized carbons (Fsp3) is 0.316. The number of amides is 1. The number of rotatable bonds is 4. The Kier molecular flexibility index (Phi) is 5.88. The quantitative estimate of drug-likeness (QED) is 0.338. The molecule has 1 aromatic rings. The van der Waals surface area contributed by atoms with Crippen LogP contribution < -0.4 is 0 Å². The zero-order valence-electron chi connectivity index (χ0n) is 15.1. The molecular formula is C19H18BrNO5S2. The van der Waals surface area contributed by atoms with Gasteiger partial charge in [-0.2, -0.15) is 0 Å². The van der Waals surface area contributed by atoms with Crippen LogP contribution in [0.5, 0.6) is 11.5 Å². The maximum atomic E-state index is 12.9. The Hall–Kier alpha value is -1.84. The number of carbonyl (C=O) groups excluding carboxylic acids is 1. The molecule has 1 aliphatic carbocycles. The number of benzene rings is 1. The second kappa shape index (κ2) is 7.88. The average molecular weight is 484 g/mol. The summed E-state index contributed by atoms with van der Waals surface area (Å²) in [5.41, 5.74) is 2.47. The molecule has 28 heavy (non-hydrogen) atoms. The van der Waals surface area contributed by atoms with Crippen LogP contribution in [0.15, 0.2) is 28.7 Å². The van der Waals surface area contributed by atoms with E-state index in [2.05, 4.69) is 15.9 Å². The van der Waals surface area contributed by atoms with E-state index in [1.165, 1.54) is 17.0 Å². The van der Waals surface area contributed by atoms with Gasteiger partial charge in [0.05, 0.1) is 4.91 Å². The van der Waals surface area contributed by atoms with Crippen molar-refractivity contribution in [1.29, 1.82) is 0 Å². The van der Waals surface area contributed by atoms with Gasteiger partial charge in [0.2, 0.25) is 0 Å². The van der Waals surface area contributed by atoms with Gasteiger partial charge in [-0.25, -0.2) is 4.79 Å². The maximum Gasteiger partial charge on any atom is 0.327 e. The summed E-state index contributed by atoms with van der Waals surface area (Å²) in [6.07, 6.45) is 2.97. The lowest BCUT2D eigenvalue weighted by molar-refractivity contribution is -0.146. The number of fused-ring (bicyclic) bond motifs is 1. The molecule has 3 rings (SSSR count). The van der Waals surface area contributed by atoms with Crippen molar-refractivity contribution in [1.82, 2.24) is 4.90 Å². The number of carboxylic acid groups (broad SMARTS) is 1. The number of allylic oxidation sites excluding steroid dienone is 2. The van der Waals surface area contributed by atoms with Crippen molar-refractivity contribution in [2.24, 2.45) is 5.92 Å². The average Bonchev–Trinajstić information content (AvgIpc) is 2.87. The first-order valence-corrected chi connectivity index (χ1v) is 10.6. The highest BCUT2D eigenvalue weighted by molar-refractivity contribution is 9.15. The van der Waals surface area contributed by atoms with Crippen LogP contribution in [0, 0.1) is 5.92 Å². The highest BCUT2D eigenvalue weighted by Gasteiger charge is 2.42. The molecule has 0 bridgehead atoms. The number of aromatic hydroxyl groups is 2. The number of thioether (sulfide) groups is 1. The Morgan fingerprint density at radius 1 is 1.29 bits per heavy atom. The topological polar surface area (TPSA) is 98.1 Å². The second-order valence-electron chi connectivity index (χ2n) is 6.92. The fourth-order valence-corrected chi connectivity index (χ4v) is 5.31. The summed E-state index contributed by atoms with van der Waals surface area (Å²) in [5.74, 6) is -2.18. The van der Waals surface area contributed by atoms with Crippen molar-refractivity contribution < 1.29 is 24.9 Å². The number of carbonyl (C=O) groups is 2. The van der Waals surface area contributed by atoms with Gasteiger partial charge in [-0.05, 0) is 69.6 Å². The number of phenolic OH excluding ortho intramolecular Hbond substituents is 2. The molecule has 1 heterocycles. The highest BCUT2D eigenvalue weighted by atomic mass is 79.9. The molecule has 0 radical (unpaired) electrons. The van der Waals surface area contributed by atoms with E-state index in [0.29, 0.717) is 22.2 Å². The molecule has 2 aliphatic rings. The number of nitrogens with zero attached hydrogens (tertiary/aromatic N) is 1. The van der Waals surface area contributed by atoms with Gasteiger partial charge in [-0.3, -0.25) is 9.69 Å². The summed E-state index contributed by atoms with van der Waals surface area (Å²) in [4.78, 5) is 26.0. The smallest absolute Gasteiger partial charge is 0.327 e. The van der Waals surface area contributed by atoms with Crippen LogP contribution in [0.1, 0.15) is 31.4 Å². The lowest BCUT2D eigenvalue weighted by Crippen LogP contribution is -2.47. The van der Waals surface area contributed by atoms with Gasteiger partial charge in [0.15, 0.2) is 11.5 Å². The van der Waals surface area contributed by atoms with Crippen LogP contribution in [0.25, 0.3) is 4.48 Å². The van der Waals surface area contributed by atoms with Gasteiger partial charge in [-0.15, -0.1) is 0 Å². The predicted molar refractivity (Wildman–Crippen MR) is 115 cm³/mol. The van der Waals surface area contributed by atoms with Crippen LogP contribution >= 0.6 is 39.9 Å². The van der Waals surface area contributed by atoms with Crippen LogP contribution in [-0.4, -0.2) is 42.5 Å². The Morgan fingerprint density at radius 3 is 2.54 bits per heavy atom. The number of aryl methyl sites for hydroxylation is 1. The van der Waals surface area contributed by atoms with Crippen molar-refractivity contribution in [3.63, 3.8) is 0 Å². The van der Waals surface area contributed by atoms with Gasteiger partial charge in [-0.1, -0.05) is 37.8 Å². The Balaban J connectivity index is 1.98. The third-order valence-electron chi connectivity index (χ3n) is 4.67. The molecule has 0 saturated carbocycles. The van der Waals surface area contributed by atoms with Gasteiger partial charge in [0, 0.05) is 4.48 Å². The molecule has 1 saturated heterocycles. The lowest BCUT2D eigenvalue weighted by atomic mass is 9.91. The fourth-order valence-electron chi connectivity index (χ4n) is 3.29. The molecule has 6 nitrogen and oxygen atoms in total. The maximum absolute atomic E-state index is 12.9. The number of phenols is 2. The summed E-state index contributed by atoms with van der Waals surface area (Å²) in [5, 5.41) is 29.0. The van der Waals surface area contributed by atoms with Crippen LogP contribution in [0.2, 0.25) is 0 Å². The number of thiocarbonyl (C=S) groups is 1. The summed E-state index contributed by atoms with van der Waals surface area (Å²) < 4.78 is 0.945. The van der Waals surface area contributed by atoms with Crippen molar-refractivity contribution >= 4 is 60.6 Å². The van der Waals surface area contributed by atoms with Gasteiger partial charge in [0.25, 0.3) is 5.91 Å².